The monoisotopic (exact) mass is 441 g/mol. The van der Waals surface area contributed by atoms with Crippen molar-refractivity contribution in [3.63, 3.8) is 0 Å². The maximum atomic E-state index is 11.8. The molecule has 4 N–H and O–H groups in total. The average Bonchev–Trinajstić information content (AvgIpc) is 2.74. The quantitative estimate of drug-likeness (QED) is 0.622. The Labute approximate surface area is 185 Å². The molecular formula is C21H24ClN7O2. The minimum absolute atomic E-state index is 0.314. The Bertz CT molecular complexity index is 1030. The number of primary amides is 1. The summed E-state index contributed by atoms with van der Waals surface area (Å²) in [6.45, 7) is 3.31. The number of halogens is 1. The lowest BCUT2D eigenvalue weighted by Crippen LogP contribution is -2.75. The highest BCUT2D eigenvalue weighted by Gasteiger charge is 2.49. The molecule has 1 amide bonds. The Hall–Kier alpha value is -3.17. The summed E-state index contributed by atoms with van der Waals surface area (Å²) in [6, 6.07) is 9.27. The summed E-state index contributed by atoms with van der Waals surface area (Å²) in [5.41, 5.74) is 10.4. The molecule has 3 heterocycles. The maximum absolute atomic E-state index is 11.8. The molecule has 0 radical (unpaired) electrons. The van der Waals surface area contributed by atoms with Crippen molar-refractivity contribution in [2.75, 3.05) is 26.7 Å². The van der Waals surface area contributed by atoms with Gasteiger partial charge in [-0.1, -0.05) is 23.7 Å². The number of hydrazone groups is 1. The molecule has 1 unspecified atom stereocenters. The normalized spacial score (nSPS) is 19.6. The smallest absolute Gasteiger partial charge is 0.243 e. The van der Waals surface area contributed by atoms with Crippen molar-refractivity contribution >= 4 is 29.2 Å². The van der Waals surface area contributed by atoms with Crippen molar-refractivity contribution in [3.8, 4) is 5.75 Å². The molecule has 1 atom stereocenters. The lowest BCUT2D eigenvalue weighted by atomic mass is 9.89. The molecule has 0 spiro atoms. The van der Waals surface area contributed by atoms with Crippen molar-refractivity contribution < 1.29 is 9.53 Å². The van der Waals surface area contributed by atoms with Crippen LogP contribution in [0.25, 0.3) is 0 Å². The second-order valence-electron chi connectivity index (χ2n) is 7.38. The van der Waals surface area contributed by atoms with Crippen molar-refractivity contribution in [2.24, 2.45) is 15.8 Å². The minimum atomic E-state index is -0.779. The first kappa shape index (κ1) is 21.1. The summed E-state index contributed by atoms with van der Waals surface area (Å²) < 4.78 is 5.54. The second-order valence-corrected chi connectivity index (χ2v) is 7.79. The minimum Gasteiger partial charge on any atom is -0.494 e. The summed E-state index contributed by atoms with van der Waals surface area (Å²) in [6.07, 6.45) is 3.26. The topological polar surface area (TPSA) is 117 Å². The molecule has 31 heavy (non-hydrogen) atoms. The number of aliphatic imine (C=N–C) groups is 1. The fourth-order valence-corrected chi connectivity index (χ4v) is 3.88. The van der Waals surface area contributed by atoms with E-state index >= 15 is 0 Å². The van der Waals surface area contributed by atoms with E-state index in [4.69, 9.17) is 27.1 Å². The second kappa shape index (κ2) is 8.52. The predicted molar refractivity (Wildman–Crippen MR) is 119 cm³/mol. The SMILES string of the molecule is CCOc1ccc(C2NN=C(N3CC(NC)(C(N)=O)C3)N=C2c2ccncc2Cl)cc1. The van der Waals surface area contributed by atoms with Gasteiger partial charge in [-0.15, -0.1) is 5.10 Å². The Morgan fingerprint density at radius 3 is 2.71 bits per heavy atom. The van der Waals surface area contributed by atoms with Gasteiger partial charge in [-0.2, -0.15) is 0 Å². The first-order valence-electron chi connectivity index (χ1n) is 9.95. The van der Waals surface area contributed by atoms with Crippen molar-refractivity contribution in [1.82, 2.24) is 20.6 Å². The molecule has 162 valence electrons. The lowest BCUT2D eigenvalue weighted by Gasteiger charge is -2.48. The fourth-order valence-electron chi connectivity index (χ4n) is 3.66. The first-order valence-corrected chi connectivity index (χ1v) is 10.3. The number of likely N-dealkylation sites (N-methyl/N-ethyl adjacent to an activating group) is 1. The molecule has 1 aromatic heterocycles. The number of rotatable bonds is 6. The van der Waals surface area contributed by atoms with Gasteiger partial charge in [0, 0.05) is 31.0 Å². The van der Waals surface area contributed by atoms with Crippen LogP contribution in [0.5, 0.6) is 5.75 Å². The summed E-state index contributed by atoms with van der Waals surface area (Å²) in [7, 11) is 1.72. The van der Waals surface area contributed by atoms with E-state index in [1.54, 1.807) is 19.4 Å². The number of carbonyl (C=O) groups excluding carboxylic acids is 1. The summed E-state index contributed by atoms with van der Waals surface area (Å²) in [5.74, 6) is 0.864. The molecule has 4 rings (SSSR count). The molecule has 1 aromatic carbocycles. The van der Waals surface area contributed by atoms with E-state index in [1.807, 2.05) is 42.2 Å². The molecular weight excluding hydrogens is 418 g/mol. The number of amides is 1. The van der Waals surface area contributed by atoms with Crippen LogP contribution in [0.3, 0.4) is 0 Å². The zero-order valence-electron chi connectivity index (χ0n) is 17.3. The van der Waals surface area contributed by atoms with Gasteiger partial charge < -0.3 is 20.7 Å². The number of guanidine groups is 1. The summed E-state index contributed by atoms with van der Waals surface area (Å²) in [4.78, 5) is 22.6. The molecule has 0 saturated carbocycles. The van der Waals surface area contributed by atoms with Crippen LogP contribution in [0.4, 0.5) is 0 Å². The van der Waals surface area contributed by atoms with Crippen molar-refractivity contribution in [1.29, 1.82) is 0 Å². The van der Waals surface area contributed by atoms with E-state index < -0.39 is 11.4 Å². The summed E-state index contributed by atoms with van der Waals surface area (Å²) >= 11 is 6.45. The molecule has 2 aliphatic rings. The van der Waals surface area contributed by atoms with Crippen LogP contribution >= 0.6 is 11.6 Å². The van der Waals surface area contributed by atoms with Gasteiger partial charge in [-0.25, -0.2) is 4.99 Å². The van der Waals surface area contributed by atoms with Crippen LogP contribution in [-0.4, -0.2) is 59.7 Å². The Morgan fingerprint density at radius 1 is 1.35 bits per heavy atom. The third-order valence-corrected chi connectivity index (χ3v) is 5.82. The van der Waals surface area contributed by atoms with Gasteiger partial charge in [0.05, 0.1) is 17.3 Å². The van der Waals surface area contributed by atoms with Crippen LogP contribution in [0.15, 0.2) is 52.8 Å². The number of carbonyl (C=O) groups is 1. The van der Waals surface area contributed by atoms with Crippen LogP contribution in [0.1, 0.15) is 24.1 Å². The molecule has 9 nitrogen and oxygen atoms in total. The number of hydrogen-bond donors (Lipinski definition) is 3. The third kappa shape index (κ3) is 3.94. The lowest BCUT2D eigenvalue weighted by molar-refractivity contribution is -0.129. The zero-order chi connectivity index (χ0) is 22.0. The van der Waals surface area contributed by atoms with Gasteiger partial charge in [-0.3, -0.25) is 15.2 Å². The molecule has 10 heteroatoms. The van der Waals surface area contributed by atoms with E-state index in [0.717, 1.165) is 16.9 Å². The molecule has 0 aliphatic carbocycles. The summed E-state index contributed by atoms with van der Waals surface area (Å²) in [5, 5.41) is 7.96. The molecule has 1 saturated heterocycles. The molecule has 0 bridgehead atoms. The van der Waals surface area contributed by atoms with E-state index in [2.05, 4.69) is 20.8 Å². The number of aromatic nitrogens is 1. The van der Waals surface area contributed by atoms with Gasteiger partial charge in [0.1, 0.15) is 17.3 Å². The molecule has 1 fully saturated rings. The highest BCUT2D eigenvalue weighted by molar-refractivity contribution is 6.34. The van der Waals surface area contributed by atoms with Gasteiger partial charge in [0.2, 0.25) is 11.9 Å². The number of hydrogen-bond acceptors (Lipinski definition) is 8. The largest absolute Gasteiger partial charge is 0.494 e. The standard InChI is InChI=1S/C21H24ClN7O2/c1-3-31-14-6-4-13(5-7-14)17-18(15-8-9-25-10-16(15)22)26-20(28-27-17)29-11-21(12-29,24-2)19(23)30/h4-10,17,24,27H,3,11-12H2,1-2H3,(H2,23,30). The molecule has 2 aromatic rings. The van der Waals surface area contributed by atoms with Crippen LogP contribution in [0.2, 0.25) is 5.02 Å². The third-order valence-electron chi connectivity index (χ3n) is 5.51. The van der Waals surface area contributed by atoms with Crippen molar-refractivity contribution in [3.05, 3.63) is 58.9 Å². The predicted octanol–water partition coefficient (Wildman–Crippen LogP) is 1.30. The number of pyridine rings is 1. The number of nitrogens with zero attached hydrogens (tertiary/aromatic N) is 4. The van der Waals surface area contributed by atoms with Gasteiger partial charge in [0.15, 0.2) is 0 Å². The number of benzene rings is 1. The van der Waals surface area contributed by atoms with E-state index in [9.17, 15) is 4.79 Å². The van der Waals surface area contributed by atoms with Crippen molar-refractivity contribution in [2.45, 2.75) is 18.5 Å². The highest BCUT2D eigenvalue weighted by atomic mass is 35.5. The van der Waals surface area contributed by atoms with E-state index in [1.165, 1.54) is 0 Å². The van der Waals surface area contributed by atoms with Gasteiger partial charge in [0.25, 0.3) is 0 Å². The number of likely N-dealkylation sites (tertiary alicyclic amines) is 1. The van der Waals surface area contributed by atoms with E-state index in [-0.39, 0.29) is 6.04 Å². The van der Waals surface area contributed by atoms with Gasteiger partial charge in [-0.05, 0) is 37.7 Å². The Balaban J connectivity index is 1.65. The Kier molecular flexibility index (Phi) is 5.79. The number of nitrogens with two attached hydrogens (primary N) is 1. The highest BCUT2D eigenvalue weighted by Crippen LogP contribution is 2.29. The molecule has 2 aliphatic heterocycles. The number of nitrogens with one attached hydrogen (secondary N) is 2. The fraction of sp³-hybridized carbons (Fsp3) is 0.333. The Morgan fingerprint density at radius 2 is 2.10 bits per heavy atom. The van der Waals surface area contributed by atoms with Gasteiger partial charge >= 0.3 is 0 Å². The number of ether oxygens (including phenoxy) is 1. The maximum Gasteiger partial charge on any atom is 0.243 e. The first-order chi connectivity index (χ1) is 15.0. The average molecular weight is 442 g/mol. The van der Waals surface area contributed by atoms with Crippen LogP contribution in [-0.2, 0) is 4.79 Å². The van der Waals surface area contributed by atoms with Crippen LogP contribution < -0.4 is 21.2 Å². The van der Waals surface area contributed by atoms with E-state index in [0.29, 0.717) is 36.4 Å². The van der Waals surface area contributed by atoms with Crippen LogP contribution in [0, 0.1) is 0 Å². The zero-order valence-corrected chi connectivity index (χ0v) is 18.1.